The van der Waals surface area contributed by atoms with Crippen LogP contribution in [0.2, 0.25) is 0 Å². The lowest BCUT2D eigenvalue weighted by atomic mass is 10.1. The first-order valence-electron chi connectivity index (χ1n) is 6.32. The minimum absolute atomic E-state index is 0.200. The topological polar surface area (TPSA) is 69.6 Å². The Labute approximate surface area is 102 Å². The Morgan fingerprint density at radius 2 is 2.06 bits per heavy atom. The molecule has 1 heterocycles. The maximum atomic E-state index is 12.1. The smallest absolute Gasteiger partial charge is 0.326 e. The molecule has 1 aliphatic rings. The molecule has 17 heavy (non-hydrogen) atoms. The second kappa shape index (κ2) is 5.89. The van der Waals surface area contributed by atoms with Crippen molar-refractivity contribution in [1.82, 2.24) is 10.2 Å². The Balaban J connectivity index is 2.65. The lowest BCUT2D eigenvalue weighted by Gasteiger charge is -2.29. The van der Waals surface area contributed by atoms with Gasteiger partial charge < -0.3 is 15.3 Å². The van der Waals surface area contributed by atoms with E-state index in [1.54, 1.807) is 11.8 Å². The lowest BCUT2D eigenvalue weighted by Crippen LogP contribution is -2.51. The van der Waals surface area contributed by atoms with Crippen molar-refractivity contribution in [2.45, 2.75) is 64.6 Å². The van der Waals surface area contributed by atoms with E-state index in [-0.39, 0.29) is 18.1 Å². The Morgan fingerprint density at radius 1 is 1.41 bits per heavy atom. The second-order valence-corrected chi connectivity index (χ2v) is 4.64. The summed E-state index contributed by atoms with van der Waals surface area (Å²) < 4.78 is 0. The van der Waals surface area contributed by atoms with Gasteiger partial charge in [-0.15, -0.1) is 0 Å². The van der Waals surface area contributed by atoms with E-state index in [0.717, 1.165) is 19.3 Å². The molecular weight excluding hydrogens is 220 g/mol. The Hall–Kier alpha value is -1.26. The van der Waals surface area contributed by atoms with Crippen molar-refractivity contribution in [2.24, 2.45) is 0 Å². The molecule has 2 amide bonds. The third kappa shape index (κ3) is 3.11. The van der Waals surface area contributed by atoms with Crippen molar-refractivity contribution >= 4 is 12.0 Å². The normalized spacial score (nSPS) is 25.7. The zero-order valence-corrected chi connectivity index (χ0v) is 10.8. The molecule has 5 heteroatoms. The lowest BCUT2D eigenvalue weighted by molar-refractivity contribution is -0.139. The molecule has 0 aromatic rings. The molecule has 1 aliphatic heterocycles. The van der Waals surface area contributed by atoms with Crippen LogP contribution in [-0.4, -0.2) is 40.1 Å². The molecule has 0 aromatic carbocycles. The largest absolute Gasteiger partial charge is 0.480 e. The van der Waals surface area contributed by atoms with Gasteiger partial charge in [0, 0.05) is 12.1 Å². The zero-order chi connectivity index (χ0) is 13.0. The number of carbonyl (C=O) groups is 2. The van der Waals surface area contributed by atoms with Gasteiger partial charge >= 0.3 is 12.0 Å². The van der Waals surface area contributed by atoms with Gasteiger partial charge in [-0.1, -0.05) is 13.8 Å². The van der Waals surface area contributed by atoms with Crippen LogP contribution in [0.1, 0.15) is 46.5 Å². The van der Waals surface area contributed by atoms with Gasteiger partial charge in [-0.25, -0.2) is 9.59 Å². The van der Waals surface area contributed by atoms with Crippen LogP contribution in [0.4, 0.5) is 4.79 Å². The molecule has 1 saturated heterocycles. The maximum Gasteiger partial charge on any atom is 0.326 e. The van der Waals surface area contributed by atoms with Crippen LogP contribution < -0.4 is 5.32 Å². The number of carboxylic acids is 1. The molecule has 2 N–H and O–H groups in total. The second-order valence-electron chi connectivity index (χ2n) is 4.64. The highest BCUT2D eigenvalue weighted by Gasteiger charge is 2.34. The van der Waals surface area contributed by atoms with Gasteiger partial charge in [-0.2, -0.15) is 0 Å². The van der Waals surface area contributed by atoms with Gasteiger partial charge in [0.1, 0.15) is 6.04 Å². The third-order valence-electron chi connectivity index (χ3n) is 3.50. The third-order valence-corrected chi connectivity index (χ3v) is 3.50. The summed E-state index contributed by atoms with van der Waals surface area (Å²) in [5, 5.41) is 11.5. The first-order chi connectivity index (χ1) is 8.01. The van der Waals surface area contributed by atoms with Crippen LogP contribution in [0.25, 0.3) is 0 Å². The summed E-state index contributed by atoms with van der Waals surface area (Å²) in [5.41, 5.74) is 0. The van der Waals surface area contributed by atoms with Crippen molar-refractivity contribution in [3.63, 3.8) is 0 Å². The van der Waals surface area contributed by atoms with Crippen molar-refractivity contribution in [2.75, 3.05) is 0 Å². The molecule has 98 valence electrons. The minimum atomic E-state index is -0.972. The van der Waals surface area contributed by atoms with Gasteiger partial charge in [0.15, 0.2) is 0 Å². The fourth-order valence-electron chi connectivity index (χ4n) is 2.40. The molecule has 0 spiro atoms. The number of carbonyl (C=O) groups excluding carboxylic acids is 1. The van der Waals surface area contributed by atoms with Crippen LogP contribution >= 0.6 is 0 Å². The maximum absolute atomic E-state index is 12.1. The predicted octanol–water partition coefficient (Wildman–Crippen LogP) is 1.82. The average Bonchev–Trinajstić information content (AvgIpc) is 2.66. The molecule has 0 aliphatic carbocycles. The number of nitrogens with one attached hydrogen (secondary N) is 1. The number of likely N-dealkylation sites (tertiary alicyclic amines) is 1. The van der Waals surface area contributed by atoms with Gasteiger partial charge in [0.25, 0.3) is 0 Å². The molecule has 0 saturated carbocycles. The molecule has 1 rings (SSSR count). The zero-order valence-electron chi connectivity index (χ0n) is 10.8. The number of urea groups is 1. The number of rotatable bonds is 4. The summed E-state index contributed by atoms with van der Waals surface area (Å²) in [4.78, 5) is 24.7. The summed E-state index contributed by atoms with van der Waals surface area (Å²) >= 11 is 0. The molecule has 3 atom stereocenters. The van der Waals surface area contributed by atoms with E-state index in [1.165, 1.54) is 0 Å². The number of aliphatic carboxylic acids is 1. The monoisotopic (exact) mass is 242 g/mol. The highest BCUT2D eigenvalue weighted by Crippen LogP contribution is 2.25. The molecule has 2 unspecified atom stereocenters. The number of hydrogen-bond donors (Lipinski definition) is 2. The fraction of sp³-hybridized carbons (Fsp3) is 0.833. The van der Waals surface area contributed by atoms with E-state index < -0.39 is 12.0 Å². The van der Waals surface area contributed by atoms with Crippen molar-refractivity contribution in [3.05, 3.63) is 0 Å². The number of carboxylic acid groups (broad SMARTS) is 1. The van der Waals surface area contributed by atoms with Gasteiger partial charge in [-0.05, 0) is 32.6 Å². The highest BCUT2D eigenvalue weighted by molar-refractivity contribution is 5.83. The SMILES string of the molecule is CCC1CCC(C)N1C(=O)N[C@@H](CC)C(=O)O. The van der Waals surface area contributed by atoms with Crippen molar-refractivity contribution in [3.8, 4) is 0 Å². The fourth-order valence-corrected chi connectivity index (χ4v) is 2.40. The van der Waals surface area contributed by atoms with Crippen LogP contribution in [-0.2, 0) is 4.79 Å². The van der Waals surface area contributed by atoms with Crippen molar-refractivity contribution < 1.29 is 14.7 Å². The first kappa shape index (κ1) is 13.8. The summed E-state index contributed by atoms with van der Waals surface area (Å²) in [6.07, 6.45) is 3.33. The summed E-state index contributed by atoms with van der Waals surface area (Å²) in [6.45, 7) is 5.82. The summed E-state index contributed by atoms with van der Waals surface area (Å²) in [5.74, 6) is -0.972. The van der Waals surface area contributed by atoms with E-state index in [1.807, 2.05) is 6.92 Å². The first-order valence-corrected chi connectivity index (χ1v) is 6.32. The van der Waals surface area contributed by atoms with Crippen LogP contribution in [0, 0.1) is 0 Å². The molecule has 1 fully saturated rings. The molecule has 0 aromatic heterocycles. The predicted molar refractivity (Wildman–Crippen MR) is 64.9 cm³/mol. The molecular formula is C12H22N2O3. The minimum Gasteiger partial charge on any atom is -0.480 e. The highest BCUT2D eigenvalue weighted by atomic mass is 16.4. The van der Waals surface area contributed by atoms with E-state index in [9.17, 15) is 9.59 Å². The average molecular weight is 242 g/mol. The van der Waals surface area contributed by atoms with E-state index in [4.69, 9.17) is 5.11 Å². The number of amides is 2. The molecule has 0 radical (unpaired) electrons. The van der Waals surface area contributed by atoms with Crippen LogP contribution in [0.5, 0.6) is 0 Å². The van der Waals surface area contributed by atoms with E-state index in [2.05, 4.69) is 12.2 Å². The molecule has 5 nitrogen and oxygen atoms in total. The van der Waals surface area contributed by atoms with E-state index in [0.29, 0.717) is 6.42 Å². The number of hydrogen-bond acceptors (Lipinski definition) is 2. The molecule has 0 bridgehead atoms. The van der Waals surface area contributed by atoms with Gasteiger partial charge in [0.2, 0.25) is 0 Å². The van der Waals surface area contributed by atoms with Crippen LogP contribution in [0.15, 0.2) is 0 Å². The number of nitrogens with zero attached hydrogens (tertiary/aromatic N) is 1. The summed E-state index contributed by atoms with van der Waals surface area (Å²) in [7, 11) is 0. The Kier molecular flexibility index (Phi) is 4.78. The Bertz CT molecular complexity index is 293. The van der Waals surface area contributed by atoms with E-state index >= 15 is 0 Å². The van der Waals surface area contributed by atoms with Crippen LogP contribution in [0.3, 0.4) is 0 Å². The quantitative estimate of drug-likeness (QED) is 0.790. The standard InChI is InChI=1S/C12H22N2O3/c1-4-9-7-6-8(3)14(9)12(17)13-10(5-2)11(15)16/h8-10H,4-7H2,1-3H3,(H,13,17)(H,15,16)/t8?,9?,10-/m0/s1. The Morgan fingerprint density at radius 3 is 2.53 bits per heavy atom. The van der Waals surface area contributed by atoms with Gasteiger partial charge in [-0.3, -0.25) is 0 Å². The van der Waals surface area contributed by atoms with Crippen molar-refractivity contribution in [1.29, 1.82) is 0 Å². The van der Waals surface area contributed by atoms with Gasteiger partial charge in [0.05, 0.1) is 0 Å². The summed E-state index contributed by atoms with van der Waals surface area (Å²) in [6, 6.07) is -0.577.